The Kier molecular flexibility index (Phi) is 13.8. The van der Waals surface area contributed by atoms with Crippen molar-refractivity contribution in [3.05, 3.63) is 0 Å². The fourth-order valence-electron chi connectivity index (χ4n) is 2.61. The fraction of sp³-hybridized carbons (Fsp3) is 1.00. The number of nitrogens with zero attached hydrogens (tertiary/aromatic N) is 1. The van der Waals surface area contributed by atoms with Gasteiger partial charge >= 0.3 is 0 Å². The van der Waals surface area contributed by atoms with Crippen LogP contribution in [0.5, 0.6) is 0 Å². The van der Waals surface area contributed by atoms with E-state index < -0.39 is 0 Å². The van der Waals surface area contributed by atoms with Crippen LogP contribution in [0.15, 0.2) is 0 Å². The van der Waals surface area contributed by atoms with Crippen molar-refractivity contribution < 1.29 is 0 Å². The Morgan fingerprint density at radius 3 is 1.90 bits per heavy atom. The lowest BCUT2D eigenvalue weighted by Gasteiger charge is -2.25. The summed E-state index contributed by atoms with van der Waals surface area (Å²) in [5.41, 5.74) is 0. The van der Waals surface area contributed by atoms with Crippen LogP contribution in [0.2, 0.25) is 0 Å². The third-order valence-corrected chi connectivity index (χ3v) is 4.55. The molecule has 2 nitrogen and oxygen atoms in total. The Hall–Kier alpha value is -0.0800. The molecular formula is C18H40N2. The van der Waals surface area contributed by atoms with Crippen LogP contribution in [-0.2, 0) is 0 Å². The van der Waals surface area contributed by atoms with Crippen LogP contribution in [0.4, 0.5) is 0 Å². The molecule has 0 fully saturated rings. The molecule has 0 saturated heterocycles. The molecule has 0 aliphatic heterocycles. The smallest absolute Gasteiger partial charge is 0.0107 e. The van der Waals surface area contributed by atoms with Gasteiger partial charge in [-0.3, -0.25) is 0 Å². The van der Waals surface area contributed by atoms with E-state index in [1.54, 1.807) is 0 Å². The SMILES string of the molecule is CCCCCC(CCCCC)NCCN(C)C(C)CC. The summed E-state index contributed by atoms with van der Waals surface area (Å²) in [6.45, 7) is 11.5. The number of nitrogens with one attached hydrogen (secondary N) is 1. The topological polar surface area (TPSA) is 15.3 Å². The third kappa shape index (κ3) is 10.7. The molecule has 1 N–H and O–H groups in total. The van der Waals surface area contributed by atoms with Crippen LogP contribution in [0, 0.1) is 0 Å². The van der Waals surface area contributed by atoms with Gasteiger partial charge in [-0.1, -0.05) is 59.3 Å². The normalized spacial score (nSPS) is 13.3. The van der Waals surface area contributed by atoms with E-state index in [9.17, 15) is 0 Å². The molecule has 0 rings (SSSR count). The minimum atomic E-state index is 0.704. The molecule has 0 aliphatic rings. The van der Waals surface area contributed by atoms with Crippen molar-refractivity contribution in [3.8, 4) is 0 Å². The zero-order chi connectivity index (χ0) is 15.2. The minimum Gasteiger partial charge on any atom is -0.313 e. The lowest BCUT2D eigenvalue weighted by molar-refractivity contribution is 0.245. The molecule has 2 heteroatoms. The van der Waals surface area contributed by atoms with Gasteiger partial charge in [-0.05, 0) is 33.2 Å². The summed E-state index contributed by atoms with van der Waals surface area (Å²) in [5, 5.41) is 3.81. The van der Waals surface area contributed by atoms with Gasteiger partial charge in [0.1, 0.15) is 0 Å². The highest BCUT2D eigenvalue weighted by Gasteiger charge is 2.10. The predicted molar refractivity (Wildman–Crippen MR) is 92.5 cm³/mol. The van der Waals surface area contributed by atoms with Gasteiger partial charge in [-0.2, -0.15) is 0 Å². The largest absolute Gasteiger partial charge is 0.313 e. The van der Waals surface area contributed by atoms with E-state index >= 15 is 0 Å². The van der Waals surface area contributed by atoms with Crippen molar-refractivity contribution in [2.75, 3.05) is 20.1 Å². The molecule has 0 aromatic heterocycles. The van der Waals surface area contributed by atoms with Crippen LogP contribution < -0.4 is 5.32 Å². The number of hydrogen-bond donors (Lipinski definition) is 1. The van der Waals surface area contributed by atoms with E-state index in [4.69, 9.17) is 0 Å². The molecule has 0 aliphatic carbocycles. The summed E-state index contributed by atoms with van der Waals surface area (Å²) in [6.07, 6.45) is 12.2. The first-order valence-corrected chi connectivity index (χ1v) is 9.09. The molecule has 122 valence electrons. The van der Waals surface area contributed by atoms with E-state index in [1.165, 1.54) is 64.3 Å². The van der Waals surface area contributed by atoms with Gasteiger partial charge in [0.15, 0.2) is 0 Å². The van der Waals surface area contributed by atoms with Gasteiger partial charge in [0.2, 0.25) is 0 Å². The monoisotopic (exact) mass is 284 g/mol. The molecule has 0 bridgehead atoms. The summed E-state index contributed by atoms with van der Waals surface area (Å²) >= 11 is 0. The number of likely N-dealkylation sites (N-methyl/N-ethyl adjacent to an activating group) is 1. The van der Waals surface area contributed by atoms with Gasteiger partial charge < -0.3 is 10.2 Å². The molecule has 0 aromatic carbocycles. The average molecular weight is 285 g/mol. The summed E-state index contributed by atoms with van der Waals surface area (Å²) in [5.74, 6) is 0. The zero-order valence-electron chi connectivity index (χ0n) is 14.9. The van der Waals surface area contributed by atoms with Crippen LogP contribution in [0.25, 0.3) is 0 Å². The highest BCUT2D eigenvalue weighted by molar-refractivity contribution is 4.69. The molecule has 1 unspecified atom stereocenters. The molecular weight excluding hydrogens is 244 g/mol. The third-order valence-electron chi connectivity index (χ3n) is 4.55. The predicted octanol–water partition coefficient (Wildman–Crippen LogP) is 4.84. The maximum Gasteiger partial charge on any atom is 0.0107 e. The number of rotatable bonds is 14. The van der Waals surface area contributed by atoms with Crippen LogP contribution in [0.1, 0.15) is 85.5 Å². The van der Waals surface area contributed by atoms with Crippen molar-refractivity contribution in [3.63, 3.8) is 0 Å². The summed E-state index contributed by atoms with van der Waals surface area (Å²) < 4.78 is 0. The first-order chi connectivity index (χ1) is 9.65. The van der Waals surface area contributed by atoms with Crippen LogP contribution in [0.3, 0.4) is 0 Å². The quantitative estimate of drug-likeness (QED) is 0.459. The van der Waals surface area contributed by atoms with Crippen LogP contribution >= 0.6 is 0 Å². The maximum atomic E-state index is 3.81. The van der Waals surface area contributed by atoms with Gasteiger partial charge in [-0.15, -0.1) is 0 Å². The van der Waals surface area contributed by atoms with Crippen molar-refractivity contribution >= 4 is 0 Å². The highest BCUT2D eigenvalue weighted by Crippen LogP contribution is 2.11. The zero-order valence-corrected chi connectivity index (χ0v) is 14.9. The maximum absolute atomic E-state index is 3.81. The molecule has 0 saturated carbocycles. The van der Waals surface area contributed by atoms with Crippen LogP contribution in [-0.4, -0.2) is 37.1 Å². The molecule has 20 heavy (non-hydrogen) atoms. The minimum absolute atomic E-state index is 0.704. The van der Waals surface area contributed by atoms with E-state index in [-0.39, 0.29) is 0 Å². The van der Waals surface area contributed by atoms with Gasteiger partial charge in [0.25, 0.3) is 0 Å². The Balaban J connectivity index is 3.88. The van der Waals surface area contributed by atoms with Gasteiger partial charge in [0, 0.05) is 25.2 Å². The van der Waals surface area contributed by atoms with Crippen molar-refractivity contribution in [1.82, 2.24) is 10.2 Å². The Morgan fingerprint density at radius 2 is 1.45 bits per heavy atom. The lowest BCUT2D eigenvalue weighted by atomic mass is 10.0. The Labute approximate surface area is 128 Å². The number of unbranched alkanes of at least 4 members (excludes halogenated alkanes) is 4. The summed E-state index contributed by atoms with van der Waals surface area (Å²) in [6, 6.07) is 1.45. The first-order valence-electron chi connectivity index (χ1n) is 9.09. The molecule has 0 amide bonds. The molecule has 0 heterocycles. The van der Waals surface area contributed by atoms with E-state index in [1.807, 2.05) is 0 Å². The molecule has 1 atom stereocenters. The highest BCUT2D eigenvalue weighted by atomic mass is 15.1. The Bertz CT molecular complexity index is 184. The molecule has 0 aromatic rings. The standard InChI is InChI=1S/C18H40N2/c1-6-9-11-13-18(14-12-10-7-2)19-15-16-20(5)17(4)8-3/h17-19H,6-16H2,1-5H3. The molecule has 0 spiro atoms. The molecule has 0 radical (unpaired) electrons. The second kappa shape index (κ2) is 13.9. The van der Waals surface area contributed by atoms with E-state index in [0.29, 0.717) is 6.04 Å². The first kappa shape index (κ1) is 19.9. The van der Waals surface area contributed by atoms with Gasteiger partial charge in [-0.25, -0.2) is 0 Å². The second-order valence-corrected chi connectivity index (χ2v) is 6.38. The lowest BCUT2D eigenvalue weighted by Crippen LogP contribution is -2.38. The number of hydrogen-bond acceptors (Lipinski definition) is 2. The fourth-order valence-corrected chi connectivity index (χ4v) is 2.61. The summed E-state index contributed by atoms with van der Waals surface area (Å²) in [7, 11) is 2.25. The van der Waals surface area contributed by atoms with E-state index in [0.717, 1.165) is 12.6 Å². The van der Waals surface area contributed by atoms with E-state index in [2.05, 4.69) is 45.0 Å². The average Bonchev–Trinajstić information content (AvgIpc) is 2.46. The van der Waals surface area contributed by atoms with Crippen molar-refractivity contribution in [2.24, 2.45) is 0 Å². The Morgan fingerprint density at radius 1 is 0.900 bits per heavy atom. The van der Waals surface area contributed by atoms with Gasteiger partial charge in [0.05, 0.1) is 0 Å². The van der Waals surface area contributed by atoms with Crippen molar-refractivity contribution in [1.29, 1.82) is 0 Å². The van der Waals surface area contributed by atoms with Crippen molar-refractivity contribution in [2.45, 2.75) is 97.6 Å². The second-order valence-electron chi connectivity index (χ2n) is 6.38. The summed E-state index contributed by atoms with van der Waals surface area (Å²) in [4.78, 5) is 2.47.